The number of hydrogen-bond acceptors (Lipinski definition) is 5. The molecule has 1 saturated heterocycles. The van der Waals surface area contributed by atoms with Gasteiger partial charge in [-0.15, -0.1) is 0 Å². The molecule has 6 nitrogen and oxygen atoms in total. The fourth-order valence-corrected chi connectivity index (χ4v) is 3.64. The van der Waals surface area contributed by atoms with Crippen molar-refractivity contribution in [1.82, 2.24) is 10.2 Å². The third-order valence-corrected chi connectivity index (χ3v) is 5.05. The topological polar surface area (TPSA) is 61.9 Å². The van der Waals surface area contributed by atoms with E-state index in [2.05, 4.69) is 34.5 Å². The molecule has 1 atom stereocenters. The van der Waals surface area contributed by atoms with Crippen molar-refractivity contribution >= 4 is 17.6 Å². The van der Waals surface area contributed by atoms with Crippen molar-refractivity contribution in [2.24, 2.45) is 5.92 Å². The maximum Gasteiger partial charge on any atom is 0.328 e. The summed E-state index contributed by atoms with van der Waals surface area (Å²) in [4.78, 5) is 28.6. The van der Waals surface area contributed by atoms with Crippen LogP contribution in [0.25, 0.3) is 0 Å². The maximum absolute atomic E-state index is 12.3. The number of nitrogens with one attached hydrogen (secondary N) is 1. The van der Waals surface area contributed by atoms with Crippen LogP contribution in [0.4, 0.5) is 5.69 Å². The summed E-state index contributed by atoms with van der Waals surface area (Å²) in [5, 5.41) is 2.81. The molecule has 0 spiro atoms. The SMILES string of the molecule is COC(=O)C(CC(C)C)NC(=O)CN(C)Cc1ccc(N2CCCCC2)cc1. The maximum atomic E-state index is 12.3. The number of piperidine rings is 1. The van der Waals surface area contributed by atoms with Gasteiger partial charge in [0.25, 0.3) is 0 Å². The molecule has 2 rings (SSSR count). The average Bonchev–Trinajstić information content (AvgIpc) is 2.67. The van der Waals surface area contributed by atoms with Gasteiger partial charge in [-0.1, -0.05) is 26.0 Å². The summed E-state index contributed by atoms with van der Waals surface area (Å²) in [6, 6.07) is 8.02. The number of methoxy groups -OCH3 is 1. The minimum atomic E-state index is -0.588. The number of esters is 1. The Morgan fingerprint density at radius 3 is 2.36 bits per heavy atom. The van der Waals surface area contributed by atoms with E-state index in [0.717, 1.165) is 13.1 Å². The van der Waals surface area contributed by atoms with Crippen molar-refractivity contribution in [3.8, 4) is 0 Å². The fraction of sp³-hybridized carbons (Fsp3) is 0.636. The highest BCUT2D eigenvalue weighted by molar-refractivity contribution is 5.85. The molecule has 28 heavy (non-hydrogen) atoms. The Labute approximate surface area is 169 Å². The molecule has 6 heteroatoms. The third kappa shape index (κ3) is 7.15. The number of hydrogen-bond donors (Lipinski definition) is 1. The molecule has 1 N–H and O–H groups in total. The molecule has 1 aromatic rings. The Kier molecular flexibility index (Phi) is 8.77. The van der Waals surface area contributed by atoms with E-state index in [4.69, 9.17) is 4.74 Å². The highest BCUT2D eigenvalue weighted by atomic mass is 16.5. The van der Waals surface area contributed by atoms with Gasteiger partial charge in [-0.3, -0.25) is 9.69 Å². The molecule has 1 unspecified atom stereocenters. The molecule has 0 bridgehead atoms. The van der Waals surface area contributed by atoms with Gasteiger partial charge in [-0.25, -0.2) is 4.79 Å². The highest BCUT2D eigenvalue weighted by Crippen LogP contribution is 2.20. The molecule has 0 radical (unpaired) electrons. The van der Waals surface area contributed by atoms with Gasteiger partial charge in [0.2, 0.25) is 5.91 Å². The number of rotatable bonds is 9. The van der Waals surface area contributed by atoms with Gasteiger partial charge in [-0.05, 0) is 56.3 Å². The Morgan fingerprint density at radius 1 is 1.14 bits per heavy atom. The third-order valence-electron chi connectivity index (χ3n) is 5.05. The molecule has 1 aliphatic heterocycles. The number of nitrogens with zero attached hydrogens (tertiary/aromatic N) is 2. The first-order valence-corrected chi connectivity index (χ1v) is 10.3. The zero-order chi connectivity index (χ0) is 20.5. The standard InChI is InChI=1S/C22H35N3O3/c1-17(2)14-20(22(27)28-4)23-21(26)16-24(3)15-18-8-10-19(11-9-18)25-12-6-5-7-13-25/h8-11,17,20H,5-7,12-16H2,1-4H3,(H,23,26). The molecule has 1 heterocycles. The van der Waals surface area contributed by atoms with Crippen molar-refractivity contribution < 1.29 is 14.3 Å². The summed E-state index contributed by atoms with van der Waals surface area (Å²) in [6.45, 7) is 7.22. The lowest BCUT2D eigenvalue weighted by atomic mass is 10.0. The molecule has 1 amide bonds. The van der Waals surface area contributed by atoms with E-state index in [-0.39, 0.29) is 12.5 Å². The van der Waals surface area contributed by atoms with Crippen LogP contribution in [0.5, 0.6) is 0 Å². The average molecular weight is 390 g/mol. The summed E-state index contributed by atoms with van der Waals surface area (Å²) >= 11 is 0. The van der Waals surface area contributed by atoms with E-state index in [1.54, 1.807) is 0 Å². The Hall–Kier alpha value is -2.08. The summed E-state index contributed by atoms with van der Waals surface area (Å²) < 4.78 is 4.80. The summed E-state index contributed by atoms with van der Waals surface area (Å²) in [5.74, 6) is -0.262. The van der Waals surface area contributed by atoms with Crippen LogP contribution >= 0.6 is 0 Å². The van der Waals surface area contributed by atoms with Gasteiger partial charge in [0, 0.05) is 25.3 Å². The second-order valence-corrected chi connectivity index (χ2v) is 8.16. The first kappa shape index (κ1) is 22.2. The van der Waals surface area contributed by atoms with E-state index in [0.29, 0.717) is 18.9 Å². The van der Waals surface area contributed by atoms with Crippen LogP contribution in [0.3, 0.4) is 0 Å². The Balaban J connectivity index is 1.83. The van der Waals surface area contributed by atoms with Crippen molar-refractivity contribution in [1.29, 1.82) is 0 Å². The molecule has 0 aromatic heterocycles. The Morgan fingerprint density at radius 2 is 1.79 bits per heavy atom. The van der Waals surface area contributed by atoms with Crippen LogP contribution in [0.1, 0.15) is 45.1 Å². The fourth-order valence-electron chi connectivity index (χ4n) is 3.64. The zero-order valence-corrected chi connectivity index (χ0v) is 17.7. The minimum Gasteiger partial charge on any atom is -0.467 e. The number of anilines is 1. The van der Waals surface area contributed by atoms with Crippen LogP contribution in [-0.4, -0.2) is 56.6 Å². The quantitative estimate of drug-likeness (QED) is 0.658. The van der Waals surface area contributed by atoms with Crippen LogP contribution in [0.15, 0.2) is 24.3 Å². The van der Waals surface area contributed by atoms with Gasteiger partial charge in [0.1, 0.15) is 6.04 Å². The van der Waals surface area contributed by atoms with Crippen molar-refractivity contribution in [3.05, 3.63) is 29.8 Å². The lowest BCUT2D eigenvalue weighted by Crippen LogP contribution is -2.45. The molecule has 156 valence electrons. The van der Waals surface area contributed by atoms with Crippen LogP contribution in [-0.2, 0) is 20.9 Å². The molecule has 1 fully saturated rings. The van der Waals surface area contributed by atoms with E-state index in [9.17, 15) is 9.59 Å². The van der Waals surface area contributed by atoms with Gasteiger partial charge >= 0.3 is 5.97 Å². The predicted octanol–water partition coefficient (Wildman–Crippen LogP) is 2.81. The normalized spacial score (nSPS) is 15.6. The van der Waals surface area contributed by atoms with E-state index in [1.807, 2.05) is 25.8 Å². The van der Waals surface area contributed by atoms with Crippen molar-refractivity contribution in [2.75, 3.05) is 38.7 Å². The summed E-state index contributed by atoms with van der Waals surface area (Å²) in [5.41, 5.74) is 2.45. The molecule has 1 aliphatic rings. The van der Waals surface area contributed by atoms with Gasteiger partial charge in [0.05, 0.1) is 13.7 Å². The number of likely N-dealkylation sites (N-methyl/N-ethyl adjacent to an activating group) is 1. The number of amides is 1. The summed E-state index contributed by atoms with van der Waals surface area (Å²) in [7, 11) is 3.26. The monoisotopic (exact) mass is 389 g/mol. The first-order valence-electron chi connectivity index (χ1n) is 10.3. The lowest BCUT2D eigenvalue weighted by Gasteiger charge is -2.29. The highest BCUT2D eigenvalue weighted by Gasteiger charge is 2.23. The first-order chi connectivity index (χ1) is 13.4. The largest absolute Gasteiger partial charge is 0.467 e. The van der Waals surface area contributed by atoms with E-state index in [1.165, 1.54) is 37.6 Å². The Bertz CT molecular complexity index is 624. The lowest BCUT2D eigenvalue weighted by molar-refractivity contribution is -0.145. The van der Waals surface area contributed by atoms with E-state index >= 15 is 0 Å². The molecule has 0 saturated carbocycles. The van der Waals surface area contributed by atoms with Crippen LogP contribution in [0.2, 0.25) is 0 Å². The summed E-state index contributed by atoms with van der Waals surface area (Å²) in [6.07, 6.45) is 4.43. The minimum absolute atomic E-state index is 0.163. The van der Waals surface area contributed by atoms with Crippen molar-refractivity contribution in [3.63, 3.8) is 0 Å². The van der Waals surface area contributed by atoms with Gasteiger partial charge < -0.3 is 15.0 Å². The molecule has 1 aromatic carbocycles. The predicted molar refractivity (Wildman–Crippen MR) is 112 cm³/mol. The van der Waals surface area contributed by atoms with Crippen molar-refractivity contribution in [2.45, 2.75) is 52.1 Å². The molecule has 0 aliphatic carbocycles. The number of benzene rings is 1. The van der Waals surface area contributed by atoms with E-state index < -0.39 is 12.0 Å². The number of ether oxygens (including phenoxy) is 1. The second kappa shape index (κ2) is 11.1. The molecular weight excluding hydrogens is 354 g/mol. The van der Waals surface area contributed by atoms with Crippen LogP contribution in [0, 0.1) is 5.92 Å². The number of carbonyl (C=O) groups excluding carboxylic acids is 2. The smallest absolute Gasteiger partial charge is 0.328 e. The molecular formula is C22H35N3O3. The van der Waals surface area contributed by atoms with Gasteiger partial charge in [0.15, 0.2) is 0 Å². The number of carbonyl (C=O) groups is 2. The van der Waals surface area contributed by atoms with Crippen LogP contribution < -0.4 is 10.2 Å². The van der Waals surface area contributed by atoms with Gasteiger partial charge in [-0.2, -0.15) is 0 Å². The second-order valence-electron chi connectivity index (χ2n) is 8.16. The zero-order valence-electron chi connectivity index (χ0n) is 17.7.